The molecule has 1 aromatic heterocycles. The molecule has 2 aromatic carbocycles. The number of sulfonamides is 1. The van der Waals surface area contributed by atoms with E-state index in [9.17, 15) is 8.42 Å². The number of nitrogens with zero attached hydrogens (tertiary/aromatic N) is 2. The molecule has 0 saturated carbocycles. The predicted octanol–water partition coefficient (Wildman–Crippen LogP) is 2.99. The smallest absolute Gasteiger partial charge is 0.216 e. The Morgan fingerprint density at radius 3 is 2.36 bits per heavy atom. The van der Waals surface area contributed by atoms with Crippen molar-refractivity contribution in [1.29, 1.82) is 0 Å². The topological polar surface area (TPSA) is 76.0 Å². The van der Waals surface area contributed by atoms with Gasteiger partial charge in [0.25, 0.3) is 0 Å². The van der Waals surface area contributed by atoms with E-state index < -0.39 is 10.0 Å². The van der Waals surface area contributed by atoms with Crippen molar-refractivity contribution in [2.24, 2.45) is 0 Å². The first-order valence-corrected chi connectivity index (χ1v) is 10.9. The average Bonchev–Trinajstić information content (AvgIpc) is 3.17. The lowest BCUT2D eigenvalue weighted by Gasteiger charge is -2.13. The highest BCUT2D eigenvalue weighted by Crippen LogP contribution is 2.13. The summed E-state index contributed by atoms with van der Waals surface area (Å²) in [5, 5.41) is 3.40. The van der Waals surface area contributed by atoms with E-state index in [0.717, 1.165) is 22.4 Å². The molecule has 7 heteroatoms. The van der Waals surface area contributed by atoms with E-state index in [1.807, 2.05) is 48.9 Å². The highest BCUT2D eigenvalue weighted by atomic mass is 32.2. The molecule has 0 bridgehead atoms. The molecule has 3 rings (SSSR count). The average molecular weight is 399 g/mol. The molecule has 0 atom stereocenters. The maximum absolute atomic E-state index is 12.2. The van der Waals surface area contributed by atoms with E-state index >= 15 is 0 Å². The highest BCUT2D eigenvalue weighted by Gasteiger charge is 2.15. The summed E-state index contributed by atoms with van der Waals surface area (Å²) < 4.78 is 29.1. The standard InChI is InChI=1S/C21H26N4O2S/c1-17(2)24-28(26,27)15-20-6-4-3-5-19(20)14-23-13-18-7-9-21(10-8-18)25-12-11-22-16-25/h3-12,16-17,23-24H,13-15H2,1-2H3. The van der Waals surface area contributed by atoms with E-state index in [4.69, 9.17) is 0 Å². The molecular formula is C21H26N4O2S. The SMILES string of the molecule is CC(C)NS(=O)(=O)Cc1ccccc1CNCc1ccc(-n2ccnc2)cc1. The van der Waals surface area contributed by atoms with Crippen LogP contribution in [-0.2, 0) is 28.9 Å². The van der Waals surface area contributed by atoms with Crippen molar-refractivity contribution in [3.63, 3.8) is 0 Å². The van der Waals surface area contributed by atoms with E-state index in [-0.39, 0.29) is 11.8 Å². The Kier molecular flexibility index (Phi) is 6.61. The zero-order valence-electron chi connectivity index (χ0n) is 16.2. The summed E-state index contributed by atoms with van der Waals surface area (Å²) >= 11 is 0. The van der Waals surface area contributed by atoms with E-state index in [0.29, 0.717) is 13.1 Å². The Hall–Kier alpha value is -2.48. The minimum absolute atomic E-state index is 0.0113. The highest BCUT2D eigenvalue weighted by molar-refractivity contribution is 7.88. The molecule has 28 heavy (non-hydrogen) atoms. The molecule has 0 unspecified atom stereocenters. The molecule has 0 saturated heterocycles. The van der Waals surface area contributed by atoms with Gasteiger partial charge in [0.1, 0.15) is 0 Å². The summed E-state index contributed by atoms with van der Waals surface area (Å²) in [5.74, 6) is -0.0113. The molecule has 148 valence electrons. The summed E-state index contributed by atoms with van der Waals surface area (Å²) in [5.41, 5.74) is 4.04. The van der Waals surface area contributed by atoms with Gasteiger partial charge < -0.3 is 9.88 Å². The van der Waals surface area contributed by atoms with E-state index in [1.54, 1.807) is 12.5 Å². The van der Waals surface area contributed by atoms with E-state index in [2.05, 4.69) is 39.3 Å². The lowest BCUT2D eigenvalue weighted by Crippen LogP contribution is -2.31. The van der Waals surface area contributed by atoms with Crippen molar-refractivity contribution in [3.8, 4) is 5.69 Å². The van der Waals surface area contributed by atoms with Gasteiger partial charge in [-0.05, 0) is 42.7 Å². The van der Waals surface area contributed by atoms with Crippen LogP contribution in [0.15, 0.2) is 67.3 Å². The molecule has 0 radical (unpaired) electrons. The van der Waals surface area contributed by atoms with Crippen LogP contribution in [0.3, 0.4) is 0 Å². The van der Waals surface area contributed by atoms with Gasteiger partial charge in [-0.2, -0.15) is 0 Å². The van der Waals surface area contributed by atoms with Gasteiger partial charge in [0.05, 0.1) is 12.1 Å². The number of hydrogen-bond acceptors (Lipinski definition) is 4. The van der Waals surface area contributed by atoms with Crippen molar-refractivity contribution in [1.82, 2.24) is 19.6 Å². The van der Waals surface area contributed by atoms with Crippen LogP contribution in [-0.4, -0.2) is 24.0 Å². The van der Waals surface area contributed by atoms with Gasteiger partial charge in [-0.3, -0.25) is 0 Å². The number of aromatic nitrogens is 2. The monoisotopic (exact) mass is 398 g/mol. The van der Waals surface area contributed by atoms with Gasteiger partial charge in [0, 0.05) is 37.2 Å². The molecule has 0 spiro atoms. The second-order valence-corrected chi connectivity index (χ2v) is 8.79. The first-order valence-electron chi connectivity index (χ1n) is 9.28. The number of nitrogens with one attached hydrogen (secondary N) is 2. The Morgan fingerprint density at radius 2 is 1.71 bits per heavy atom. The molecule has 0 amide bonds. The van der Waals surface area contributed by atoms with Crippen LogP contribution in [0.2, 0.25) is 0 Å². The maximum Gasteiger partial charge on any atom is 0.216 e. The van der Waals surface area contributed by atoms with Crippen LogP contribution in [0.1, 0.15) is 30.5 Å². The fourth-order valence-electron chi connectivity index (χ4n) is 3.02. The maximum atomic E-state index is 12.2. The zero-order chi connectivity index (χ0) is 20.0. The zero-order valence-corrected chi connectivity index (χ0v) is 17.0. The third kappa shape index (κ3) is 5.76. The summed E-state index contributed by atoms with van der Waals surface area (Å²) in [4.78, 5) is 4.06. The van der Waals surface area contributed by atoms with Crippen molar-refractivity contribution < 1.29 is 8.42 Å². The van der Waals surface area contributed by atoms with Gasteiger partial charge in [0.15, 0.2) is 0 Å². The third-order valence-corrected chi connectivity index (χ3v) is 5.78. The van der Waals surface area contributed by atoms with Crippen molar-refractivity contribution in [2.45, 2.75) is 38.7 Å². The Labute approximate surface area is 166 Å². The number of imidazole rings is 1. The predicted molar refractivity (Wildman–Crippen MR) is 111 cm³/mol. The molecule has 3 aromatic rings. The Morgan fingerprint density at radius 1 is 1.00 bits per heavy atom. The van der Waals surface area contributed by atoms with Crippen LogP contribution in [0.4, 0.5) is 0 Å². The van der Waals surface area contributed by atoms with Gasteiger partial charge in [-0.1, -0.05) is 36.4 Å². The van der Waals surface area contributed by atoms with Crippen LogP contribution in [0, 0.1) is 0 Å². The molecule has 6 nitrogen and oxygen atoms in total. The van der Waals surface area contributed by atoms with Crippen LogP contribution in [0.25, 0.3) is 5.69 Å². The minimum atomic E-state index is -3.35. The quantitative estimate of drug-likeness (QED) is 0.581. The van der Waals surface area contributed by atoms with Gasteiger partial charge in [0.2, 0.25) is 10.0 Å². The van der Waals surface area contributed by atoms with Crippen LogP contribution in [0.5, 0.6) is 0 Å². The first-order chi connectivity index (χ1) is 13.4. The van der Waals surface area contributed by atoms with Gasteiger partial charge in [-0.15, -0.1) is 0 Å². The minimum Gasteiger partial charge on any atom is -0.309 e. The lowest BCUT2D eigenvalue weighted by molar-refractivity contribution is 0.568. The molecule has 0 aliphatic heterocycles. The second-order valence-electron chi connectivity index (χ2n) is 7.04. The van der Waals surface area contributed by atoms with Crippen LogP contribution < -0.4 is 10.0 Å². The fourth-order valence-corrected chi connectivity index (χ4v) is 4.51. The molecule has 2 N–H and O–H groups in total. The fraction of sp³-hybridized carbons (Fsp3) is 0.286. The summed E-state index contributed by atoms with van der Waals surface area (Å²) in [7, 11) is -3.35. The van der Waals surface area contributed by atoms with E-state index in [1.165, 1.54) is 0 Å². The number of hydrogen-bond donors (Lipinski definition) is 2. The Balaban J connectivity index is 1.59. The summed E-state index contributed by atoms with van der Waals surface area (Å²) in [6.45, 7) is 4.96. The first kappa shape index (κ1) is 20.3. The molecule has 0 aliphatic carbocycles. The normalized spacial score (nSPS) is 11.8. The molecule has 1 heterocycles. The van der Waals surface area contributed by atoms with Crippen LogP contribution >= 0.6 is 0 Å². The number of benzene rings is 2. The molecular weight excluding hydrogens is 372 g/mol. The van der Waals surface area contributed by atoms with Gasteiger partial charge >= 0.3 is 0 Å². The second kappa shape index (κ2) is 9.14. The summed E-state index contributed by atoms with van der Waals surface area (Å²) in [6, 6.07) is 15.8. The number of rotatable bonds is 9. The largest absolute Gasteiger partial charge is 0.309 e. The lowest BCUT2D eigenvalue weighted by atomic mass is 10.1. The summed E-state index contributed by atoms with van der Waals surface area (Å²) in [6.07, 6.45) is 5.43. The Bertz CT molecular complexity index is 982. The van der Waals surface area contributed by atoms with Gasteiger partial charge in [-0.25, -0.2) is 18.1 Å². The van der Waals surface area contributed by atoms with Crippen molar-refractivity contribution in [2.75, 3.05) is 0 Å². The third-order valence-electron chi connectivity index (χ3n) is 4.26. The molecule has 0 aliphatic rings. The van der Waals surface area contributed by atoms with Crippen molar-refractivity contribution in [3.05, 3.63) is 83.9 Å². The molecule has 0 fully saturated rings. The van der Waals surface area contributed by atoms with Crippen molar-refractivity contribution >= 4 is 10.0 Å².